The standard InChI is InChI=1S/C4H15N4O2PS2/c1-2-3-4-7-13(9,10)8-11(5,6)12/h7H,2-4H2,1H3,(H5,5,6,8,12). The van der Waals surface area contributed by atoms with Crippen LogP contribution in [0.1, 0.15) is 19.8 Å². The Labute approximate surface area is 83.8 Å². The zero-order valence-electron chi connectivity index (χ0n) is 7.36. The molecule has 9 heteroatoms. The average Bonchev–Trinajstić information content (AvgIpc) is 1.81. The molecule has 6 N–H and O–H groups in total. The van der Waals surface area contributed by atoms with Gasteiger partial charge in [0, 0.05) is 6.54 Å². The van der Waals surface area contributed by atoms with Gasteiger partial charge in [-0.15, -0.1) is 4.49 Å². The lowest BCUT2D eigenvalue weighted by Gasteiger charge is -2.12. The Kier molecular flexibility index (Phi) is 5.53. The summed E-state index contributed by atoms with van der Waals surface area (Å²) in [5.41, 5.74) is 10.4. The summed E-state index contributed by atoms with van der Waals surface area (Å²) in [6, 6.07) is 0. The van der Waals surface area contributed by atoms with Crippen LogP contribution >= 0.6 is 6.49 Å². The van der Waals surface area contributed by atoms with Gasteiger partial charge < -0.3 is 0 Å². The molecule has 0 aliphatic carbocycles. The fraction of sp³-hybridized carbons (Fsp3) is 1.00. The fourth-order valence-electron chi connectivity index (χ4n) is 0.603. The molecule has 0 aliphatic rings. The van der Waals surface area contributed by atoms with Crippen molar-refractivity contribution in [2.75, 3.05) is 6.54 Å². The van der Waals surface area contributed by atoms with Crippen LogP contribution < -0.4 is 20.2 Å². The van der Waals surface area contributed by atoms with Crippen LogP contribution in [-0.4, -0.2) is 15.0 Å². The first kappa shape index (κ1) is 13.4. The van der Waals surface area contributed by atoms with Crippen molar-refractivity contribution in [2.24, 2.45) is 11.0 Å². The molecule has 80 valence electrons. The van der Waals surface area contributed by atoms with E-state index in [0.717, 1.165) is 12.8 Å². The van der Waals surface area contributed by atoms with Gasteiger partial charge in [0.2, 0.25) is 0 Å². The van der Waals surface area contributed by atoms with E-state index >= 15 is 0 Å². The lowest BCUT2D eigenvalue weighted by atomic mass is 10.3. The monoisotopic (exact) mass is 246 g/mol. The Balaban J connectivity index is 4.04. The lowest BCUT2D eigenvalue weighted by molar-refractivity contribution is 0.576. The zero-order chi connectivity index (χ0) is 10.5. The third kappa shape index (κ3) is 8.76. The van der Waals surface area contributed by atoms with Crippen molar-refractivity contribution < 1.29 is 8.42 Å². The van der Waals surface area contributed by atoms with Crippen molar-refractivity contribution in [3.05, 3.63) is 0 Å². The number of nitrogens with two attached hydrogens (primary N) is 2. The molecule has 0 aromatic carbocycles. The van der Waals surface area contributed by atoms with Crippen molar-refractivity contribution in [1.82, 2.24) is 9.21 Å². The second-order valence-electron chi connectivity index (χ2n) is 2.55. The summed E-state index contributed by atoms with van der Waals surface area (Å²) >= 11 is 4.55. The van der Waals surface area contributed by atoms with Crippen molar-refractivity contribution in [3.63, 3.8) is 0 Å². The van der Waals surface area contributed by atoms with E-state index < -0.39 is 16.7 Å². The fourth-order valence-corrected chi connectivity index (χ4v) is 3.66. The molecule has 0 fully saturated rings. The minimum Gasteiger partial charge on any atom is -0.279 e. The van der Waals surface area contributed by atoms with Gasteiger partial charge in [0.05, 0.1) is 0 Å². The molecule has 0 amide bonds. The molecule has 0 radical (unpaired) electrons. The van der Waals surface area contributed by atoms with E-state index in [1.54, 1.807) is 0 Å². The van der Waals surface area contributed by atoms with E-state index in [9.17, 15) is 8.42 Å². The summed E-state index contributed by atoms with van der Waals surface area (Å²) in [6.45, 7) is -0.584. The predicted molar refractivity (Wildman–Crippen MR) is 57.6 cm³/mol. The Hall–Kier alpha value is 0.440. The van der Waals surface area contributed by atoms with E-state index in [2.05, 4.69) is 16.5 Å². The summed E-state index contributed by atoms with van der Waals surface area (Å²) in [5, 5.41) is 0. The third-order valence-corrected chi connectivity index (χ3v) is 4.44. The van der Waals surface area contributed by atoms with Crippen molar-refractivity contribution in [3.8, 4) is 0 Å². The Morgan fingerprint density at radius 1 is 1.46 bits per heavy atom. The molecule has 0 aromatic rings. The Morgan fingerprint density at radius 3 is 2.38 bits per heavy atom. The topological polar surface area (TPSA) is 110 Å². The first-order valence-electron chi connectivity index (χ1n) is 3.72. The van der Waals surface area contributed by atoms with Gasteiger partial charge in [0.25, 0.3) is 10.2 Å². The van der Waals surface area contributed by atoms with Crippen LogP contribution in [0.3, 0.4) is 0 Å². The highest BCUT2D eigenvalue weighted by molar-refractivity contribution is 8.15. The number of hydrogen-bond acceptors (Lipinski definition) is 3. The normalized spacial score (nSPS) is 13.2. The largest absolute Gasteiger partial charge is 0.282 e. The molecular weight excluding hydrogens is 231 g/mol. The summed E-state index contributed by atoms with van der Waals surface area (Å²) < 4.78 is 26.5. The van der Waals surface area contributed by atoms with Gasteiger partial charge >= 0.3 is 0 Å². The summed E-state index contributed by atoms with van der Waals surface area (Å²) in [7, 11) is -3.62. The predicted octanol–water partition coefficient (Wildman–Crippen LogP) is -0.648. The Morgan fingerprint density at radius 2 is 2.00 bits per heavy atom. The van der Waals surface area contributed by atoms with Crippen LogP contribution in [0.2, 0.25) is 0 Å². The van der Waals surface area contributed by atoms with Gasteiger partial charge in [-0.2, -0.15) is 8.42 Å². The zero-order valence-corrected chi connectivity index (χ0v) is 9.88. The summed E-state index contributed by atoms with van der Waals surface area (Å²) in [5.74, 6) is 0. The van der Waals surface area contributed by atoms with E-state index in [1.165, 1.54) is 0 Å². The third-order valence-electron chi connectivity index (χ3n) is 1.09. The highest BCUT2D eigenvalue weighted by atomic mass is 32.5. The average molecular weight is 246 g/mol. The van der Waals surface area contributed by atoms with Crippen LogP contribution in [0, 0.1) is 0 Å². The van der Waals surface area contributed by atoms with Gasteiger partial charge in [-0.25, -0.2) is 4.72 Å². The number of unbranched alkanes of at least 4 members (excludes halogenated alkanes) is 1. The number of nitrogens with one attached hydrogen (secondary N) is 2. The van der Waals surface area contributed by atoms with Crippen molar-refractivity contribution in [1.29, 1.82) is 0 Å². The minimum atomic E-state index is -3.62. The van der Waals surface area contributed by atoms with Gasteiger partial charge in [-0.05, 0) is 18.2 Å². The quantitative estimate of drug-likeness (QED) is 0.368. The molecule has 0 aliphatic heterocycles. The van der Waals surface area contributed by atoms with Crippen molar-refractivity contribution in [2.45, 2.75) is 19.8 Å². The highest BCUT2D eigenvalue weighted by Gasteiger charge is 2.14. The molecule has 0 spiro atoms. The van der Waals surface area contributed by atoms with Crippen LogP contribution in [-0.2, 0) is 22.0 Å². The molecule has 0 heterocycles. The molecule has 0 unspecified atom stereocenters. The molecule has 0 saturated heterocycles. The summed E-state index contributed by atoms with van der Waals surface area (Å²) in [4.78, 5) is 0. The molecule has 0 aromatic heterocycles. The molecule has 0 rings (SSSR count). The Bertz CT molecular complexity index is 285. The molecule has 0 atom stereocenters. The maximum atomic E-state index is 11.1. The van der Waals surface area contributed by atoms with Crippen LogP contribution in [0.15, 0.2) is 0 Å². The smallest absolute Gasteiger partial charge is 0.279 e. The maximum absolute atomic E-state index is 11.1. The minimum absolute atomic E-state index is 0.362. The summed E-state index contributed by atoms with van der Waals surface area (Å²) in [6.07, 6.45) is 1.67. The van der Waals surface area contributed by atoms with E-state index in [-0.39, 0.29) is 0 Å². The first-order valence-corrected chi connectivity index (χ1v) is 8.15. The van der Waals surface area contributed by atoms with E-state index in [0.29, 0.717) is 6.54 Å². The maximum Gasteiger partial charge on any atom is 0.282 e. The molecule has 13 heavy (non-hydrogen) atoms. The molecule has 6 nitrogen and oxygen atoms in total. The lowest BCUT2D eigenvalue weighted by Crippen LogP contribution is -2.38. The molecular formula is C4H15N4O2PS2. The molecule has 0 saturated carbocycles. The van der Waals surface area contributed by atoms with E-state index in [1.807, 2.05) is 11.4 Å². The number of rotatable bonds is 6. The van der Waals surface area contributed by atoms with Crippen LogP contribution in [0.5, 0.6) is 0 Å². The van der Waals surface area contributed by atoms with Gasteiger partial charge in [0.15, 0.2) is 0 Å². The van der Waals surface area contributed by atoms with Crippen molar-refractivity contribution >= 4 is 28.5 Å². The number of hydrogen-bond donors (Lipinski definition) is 4. The van der Waals surface area contributed by atoms with Crippen LogP contribution in [0.25, 0.3) is 0 Å². The highest BCUT2D eigenvalue weighted by Crippen LogP contribution is 2.18. The van der Waals surface area contributed by atoms with Gasteiger partial charge in [0.1, 0.15) is 6.49 Å². The second-order valence-corrected chi connectivity index (χ2v) is 7.81. The van der Waals surface area contributed by atoms with Crippen LogP contribution in [0.4, 0.5) is 0 Å². The first-order chi connectivity index (χ1) is 5.77. The second kappa shape index (κ2) is 5.35. The van der Waals surface area contributed by atoms with E-state index in [4.69, 9.17) is 11.0 Å². The SMILES string of the molecule is CCCCNS(=O)(=O)NP(N)(N)=S. The molecule has 0 bridgehead atoms. The van der Waals surface area contributed by atoms with Gasteiger partial charge in [-0.1, -0.05) is 13.3 Å². The van der Waals surface area contributed by atoms with Gasteiger partial charge in [-0.3, -0.25) is 11.0 Å².